The molecule has 0 saturated heterocycles. The maximum atomic E-state index is 2.71. The van der Waals surface area contributed by atoms with Crippen LogP contribution in [0, 0.1) is 0 Å². The van der Waals surface area contributed by atoms with Crippen LogP contribution < -0.4 is 88.4 Å². The van der Waals surface area contributed by atoms with Crippen LogP contribution in [-0.4, -0.2) is 35.5 Å². The number of benzene rings is 17. The highest BCUT2D eigenvalue weighted by Crippen LogP contribution is 2.47. The molecule has 512 valence electrons. The molecule has 18 aromatic rings. The molecular formula is C102H74BN3Si3. The van der Waals surface area contributed by atoms with Gasteiger partial charge in [-0.1, -0.05) is 388 Å². The van der Waals surface area contributed by atoms with Crippen molar-refractivity contribution in [3.05, 3.63) is 449 Å². The van der Waals surface area contributed by atoms with E-state index in [4.69, 9.17) is 0 Å². The lowest BCUT2D eigenvalue weighted by atomic mass is 9.33. The number of anilines is 6. The number of hydrogen-bond donors (Lipinski definition) is 0. The number of fused-ring (bicyclic) bond motifs is 7. The largest absolute Gasteiger partial charge is 0.311 e. The number of rotatable bonds is 16. The zero-order chi connectivity index (χ0) is 72.3. The van der Waals surface area contributed by atoms with Crippen LogP contribution in [0.4, 0.5) is 34.1 Å². The highest BCUT2D eigenvalue weighted by atomic mass is 28.3. The number of para-hydroxylation sites is 3. The van der Waals surface area contributed by atoms with Gasteiger partial charge < -0.3 is 14.4 Å². The lowest BCUT2D eigenvalue weighted by Crippen LogP contribution is -2.75. The summed E-state index contributed by atoms with van der Waals surface area (Å²) in [5, 5.41) is 18.2. The van der Waals surface area contributed by atoms with Gasteiger partial charge in [-0.15, -0.1) is 0 Å². The average molecular weight is 1440 g/mol. The molecule has 2 aliphatic heterocycles. The fourth-order valence-corrected chi connectivity index (χ4v) is 33.2. The van der Waals surface area contributed by atoms with Crippen LogP contribution in [0.1, 0.15) is 0 Å². The molecule has 0 unspecified atom stereocenters. The minimum absolute atomic E-state index is 0.219. The first kappa shape index (κ1) is 65.4. The topological polar surface area (TPSA) is 11.4 Å². The third kappa shape index (κ3) is 10.5. The van der Waals surface area contributed by atoms with Crippen molar-refractivity contribution in [2.75, 3.05) is 9.80 Å². The minimum atomic E-state index is -3.20. The van der Waals surface area contributed by atoms with E-state index in [-0.39, 0.29) is 6.71 Å². The quantitative estimate of drug-likeness (QED) is 0.0706. The number of aromatic nitrogens is 1. The van der Waals surface area contributed by atoms with E-state index in [2.05, 4.69) is 463 Å². The van der Waals surface area contributed by atoms with Gasteiger partial charge in [0.2, 0.25) is 0 Å². The van der Waals surface area contributed by atoms with Crippen LogP contribution in [0.25, 0.3) is 38.6 Å². The van der Waals surface area contributed by atoms with Crippen molar-refractivity contribution in [1.82, 2.24) is 4.57 Å². The Labute approximate surface area is 641 Å². The van der Waals surface area contributed by atoms with Crippen LogP contribution in [0.5, 0.6) is 0 Å². The zero-order valence-electron chi connectivity index (χ0n) is 60.1. The van der Waals surface area contributed by atoms with Crippen LogP contribution in [0.3, 0.4) is 0 Å². The van der Waals surface area contributed by atoms with E-state index in [0.717, 1.165) is 62.0 Å². The van der Waals surface area contributed by atoms with Crippen molar-refractivity contribution in [1.29, 1.82) is 0 Å². The van der Waals surface area contributed by atoms with Crippen molar-refractivity contribution in [3.8, 4) is 16.8 Å². The Hall–Kier alpha value is -13.1. The van der Waals surface area contributed by atoms with Gasteiger partial charge in [-0.2, -0.15) is 0 Å². The second-order valence-electron chi connectivity index (χ2n) is 28.9. The molecule has 17 aromatic carbocycles. The fraction of sp³-hybridized carbons (Fsp3) is 0. The Bertz CT molecular complexity index is 6010. The Kier molecular flexibility index (Phi) is 16.4. The maximum absolute atomic E-state index is 3.20. The molecule has 0 aliphatic carbocycles. The number of nitrogens with zero attached hydrogens (tertiary/aromatic N) is 3. The van der Waals surface area contributed by atoms with E-state index < -0.39 is 24.2 Å². The highest BCUT2D eigenvalue weighted by molar-refractivity contribution is 7.21. The van der Waals surface area contributed by atoms with E-state index >= 15 is 0 Å². The first-order chi connectivity index (χ1) is 54.1. The zero-order valence-corrected chi connectivity index (χ0v) is 63.1. The first-order valence-electron chi connectivity index (χ1n) is 37.9. The van der Waals surface area contributed by atoms with Gasteiger partial charge in [-0.25, -0.2) is 0 Å². The Morgan fingerprint density at radius 2 is 0.514 bits per heavy atom. The van der Waals surface area contributed by atoms with E-state index in [1.807, 2.05) is 0 Å². The molecule has 3 heterocycles. The average Bonchev–Trinajstić information content (AvgIpc) is 0.877. The summed E-state index contributed by atoms with van der Waals surface area (Å²) in [5.41, 5.74) is 16.1. The van der Waals surface area contributed by atoms with E-state index in [0.29, 0.717) is 0 Å². The normalized spacial score (nSPS) is 12.5. The molecule has 2 aliphatic rings. The van der Waals surface area contributed by atoms with Crippen molar-refractivity contribution >= 4 is 165 Å². The van der Waals surface area contributed by atoms with Crippen molar-refractivity contribution in [3.63, 3.8) is 0 Å². The molecule has 0 spiro atoms. The third-order valence-corrected chi connectivity index (χ3v) is 37.7. The van der Waals surface area contributed by atoms with Crippen LogP contribution in [0.2, 0.25) is 0 Å². The smallest absolute Gasteiger partial charge is 0.252 e. The molecule has 0 N–H and O–H groups in total. The summed E-state index contributed by atoms with van der Waals surface area (Å²) in [6, 6.07) is 172. The molecule has 109 heavy (non-hydrogen) atoms. The molecule has 0 saturated carbocycles. The van der Waals surface area contributed by atoms with Gasteiger partial charge in [0, 0.05) is 44.9 Å². The van der Waals surface area contributed by atoms with Crippen LogP contribution in [-0.2, 0) is 0 Å². The van der Waals surface area contributed by atoms with Gasteiger partial charge >= 0.3 is 0 Å². The summed E-state index contributed by atoms with van der Waals surface area (Å²) in [4.78, 5) is 5.38. The molecular weight excluding hydrogens is 1360 g/mol. The molecule has 3 nitrogen and oxygen atoms in total. The minimum Gasteiger partial charge on any atom is -0.311 e. The lowest BCUT2D eigenvalue weighted by molar-refractivity contribution is 1.16. The van der Waals surface area contributed by atoms with Gasteiger partial charge in [0.25, 0.3) is 6.71 Å². The van der Waals surface area contributed by atoms with Gasteiger partial charge in [-0.3, -0.25) is 0 Å². The summed E-state index contributed by atoms with van der Waals surface area (Å²) in [7, 11) is -9.53. The van der Waals surface area contributed by atoms with Gasteiger partial charge in [-0.05, 0) is 150 Å². The van der Waals surface area contributed by atoms with Crippen molar-refractivity contribution in [2.45, 2.75) is 0 Å². The van der Waals surface area contributed by atoms with Crippen LogP contribution in [0.15, 0.2) is 449 Å². The predicted octanol–water partition coefficient (Wildman–Crippen LogP) is 14.7. The number of hydrogen-bond acceptors (Lipinski definition) is 2. The third-order valence-electron chi connectivity index (χ3n) is 23.3. The van der Waals surface area contributed by atoms with Crippen molar-refractivity contribution in [2.24, 2.45) is 0 Å². The molecule has 0 atom stereocenters. The Morgan fingerprint density at radius 3 is 0.945 bits per heavy atom. The van der Waals surface area contributed by atoms with E-state index in [1.165, 1.54) is 89.4 Å². The summed E-state index contributed by atoms with van der Waals surface area (Å²) in [6.07, 6.45) is 0. The monoisotopic (exact) mass is 1440 g/mol. The Morgan fingerprint density at radius 1 is 0.183 bits per heavy atom. The maximum Gasteiger partial charge on any atom is 0.252 e. The molecule has 1 aromatic heterocycles. The second-order valence-corrected chi connectivity index (χ2v) is 40.4. The standard InChI is InChI=1S/C102H74BN3Si3/c1-11-38-75(39-12-1)76-68-78(71-91(69-76)109(86-53-25-8-26-54-86,87-55-27-9-28-56-87)88-57-29-10-30-58-88)106-98-65-36-33-62-94(98)103-95-67-66-90(108(83-47-19-5-20-48-83,84-49-21-6-22-50-84)85-51-23-7-24-52-85)74-99(95)104(100-72-79(73-101(106)102(100)103)105-96-63-34-31-60-92(96)93-61-32-35-64-97(93)105)77-40-37-59-89(70-77)107(80-41-13-2-14-42-80,81-43-15-3-16-44-81)82-45-17-4-18-46-82/h1-74H. The van der Waals surface area contributed by atoms with Gasteiger partial charge in [0.05, 0.1) is 16.7 Å². The molecule has 0 amide bonds. The molecule has 7 heteroatoms. The summed E-state index contributed by atoms with van der Waals surface area (Å²) in [5.74, 6) is 0. The van der Waals surface area contributed by atoms with Gasteiger partial charge in [0.15, 0.2) is 24.2 Å². The molecule has 0 radical (unpaired) electrons. The van der Waals surface area contributed by atoms with E-state index in [9.17, 15) is 0 Å². The highest BCUT2D eigenvalue weighted by Gasteiger charge is 2.49. The molecule has 0 fully saturated rings. The van der Waals surface area contributed by atoms with Gasteiger partial charge in [0.1, 0.15) is 0 Å². The second kappa shape index (κ2) is 27.3. The summed E-state index contributed by atoms with van der Waals surface area (Å²) in [6.45, 7) is -0.219. The first-order valence-corrected chi connectivity index (χ1v) is 43.9. The lowest BCUT2D eigenvalue weighted by Gasteiger charge is -2.45. The van der Waals surface area contributed by atoms with Crippen LogP contribution >= 0.6 is 0 Å². The fourth-order valence-electron chi connectivity index (χ4n) is 18.9. The summed E-state index contributed by atoms with van der Waals surface area (Å²) < 4.78 is 2.55. The molecule has 20 rings (SSSR count). The Balaban J connectivity index is 0.944. The van der Waals surface area contributed by atoms with Crippen molar-refractivity contribution < 1.29 is 0 Å². The summed E-state index contributed by atoms with van der Waals surface area (Å²) >= 11 is 0. The van der Waals surface area contributed by atoms with E-state index in [1.54, 1.807) is 0 Å². The molecule has 0 bridgehead atoms. The SMILES string of the molecule is c1ccc(-c2cc(N3c4ccccc4B4c5ccc([Si](c6ccccc6)(c6ccccc6)c6ccccc6)cc5N(c5cccc([Si](c6ccccc6)(c6ccccc6)c6ccccc6)c5)c5cc(-n6c7ccccc7c7ccccc76)cc3c54)cc([Si](c3ccccc3)(c3ccccc3)c3ccccc3)c2)cc1. The predicted molar refractivity (Wildman–Crippen MR) is 471 cm³/mol.